The van der Waals surface area contributed by atoms with Gasteiger partial charge in [-0.2, -0.15) is 0 Å². The molecule has 3 unspecified atom stereocenters. The summed E-state index contributed by atoms with van der Waals surface area (Å²) in [6.07, 6.45) is 3.74. The molecule has 4 atom stereocenters. The number of ether oxygens (including phenoxy) is 2. The molecule has 2 aliphatic heterocycles. The molecule has 0 spiro atoms. The van der Waals surface area contributed by atoms with Gasteiger partial charge in [0.1, 0.15) is 11.9 Å². The van der Waals surface area contributed by atoms with Gasteiger partial charge >= 0.3 is 0 Å². The molecule has 0 saturated carbocycles. The first kappa shape index (κ1) is 12.0. The minimum Gasteiger partial charge on any atom is -0.487 e. The monoisotopic (exact) mass is 247 g/mol. The van der Waals surface area contributed by atoms with Crippen molar-refractivity contribution in [2.45, 2.75) is 57.5 Å². The van der Waals surface area contributed by atoms with Gasteiger partial charge in [0.25, 0.3) is 0 Å². The van der Waals surface area contributed by atoms with Crippen molar-refractivity contribution in [1.29, 1.82) is 0 Å². The fourth-order valence-electron chi connectivity index (χ4n) is 2.99. The first-order valence-corrected chi connectivity index (χ1v) is 6.81. The molecule has 0 aliphatic carbocycles. The largest absolute Gasteiger partial charge is 0.487 e. The third kappa shape index (κ3) is 2.13. The summed E-state index contributed by atoms with van der Waals surface area (Å²) >= 11 is 0. The second-order valence-corrected chi connectivity index (χ2v) is 5.60. The highest BCUT2D eigenvalue weighted by molar-refractivity contribution is 5.40. The maximum absolute atomic E-state index is 6.27. The van der Waals surface area contributed by atoms with Crippen LogP contribution in [0.1, 0.15) is 43.4 Å². The smallest absolute Gasteiger partial charge is 0.127 e. The highest BCUT2D eigenvalue weighted by Crippen LogP contribution is 2.37. The first-order valence-electron chi connectivity index (χ1n) is 6.81. The highest BCUT2D eigenvalue weighted by Gasteiger charge is 2.36. The van der Waals surface area contributed by atoms with E-state index in [0.29, 0.717) is 6.10 Å². The van der Waals surface area contributed by atoms with E-state index in [-0.39, 0.29) is 18.2 Å². The van der Waals surface area contributed by atoms with Gasteiger partial charge in [-0.05, 0) is 32.8 Å². The number of rotatable bonds is 1. The first-order chi connectivity index (χ1) is 8.63. The molecule has 18 heavy (non-hydrogen) atoms. The van der Waals surface area contributed by atoms with Crippen LogP contribution in [-0.2, 0) is 4.74 Å². The fraction of sp³-hybridized carbons (Fsp3) is 0.600. The number of nitrogens with two attached hydrogens (primary N) is 1. The number of hydrogen-bond donors (Lipinski definition) is 1. The molecule has 2 heterocycles. The SMILES string of the molecule is Cc1ccc2c(c1)[C@H](N)CC(C1CCC(C)O1)O2. The Morgan fingerprint density at radius 2 is 2.06 bits per heavy atom. The van der Waals surface area contributed by atoms with Crippen molar-refractivity contribution < 1.29 is 9.47 Å². The van der Waals surface area contributed by atoms with Crippen molar-refractivity contribution >= 4 is 0 Å². The van der Waals surface area contributed by atoms with E-state index in [1.807, 2.05) is 6.07 Å². The van der Waals surface area contributed by atoms with Crippen LogP contribution in [0.4, 0.5) is 0 Å². The summed E-state index contributed by atoms with van der Waals surface area (Å²) in [7, 11) is 0. The second-order valence-electron chi connectivity index (χ2n) is 5.60. The molecule has 1 aromatic carbocycles. The Balaban J connectivity index is 1.81. The average molecular weight is 247 g/mol. The Hall–Kier alpha value is -1.06. The van der Waals surface area contributed by atoms with Gasteiger partial charge in [0.15, 0.2) is 0 Å². The van der Waals surface area contributed by atoms with Gasteiger partial charge in [0.05, 0.1) is 12.2 Å². The predicted octanol–water partition coefficient (Wildman–Crippen LogP) is 2.71. The van der Waals surface area contributed by atoms with Gasteiger partial charge in [0, 0.05) is 18.0 Å². The molecule has 3 rings (SSSR count). The van der Waals surface area contributed by atoms with Gasteiger partial charge in [0.2, 0.25) is 0 Å². The third-order valence-electron chi connectivity index (χ3n) is 4.01. The summed E-state index contributed by atoms with van der Waals surface area (Å²) in [5, 5.41) is 0. The number of fused-ring (bicyclic) bond motifs is 1. The molecule has 1 fully saturated rings. The van der Waals surface area contributed by atoms with E-state index in [0.717, 1.165) is 30.6 Å². The summed E-state index contributed by atoms with van der Waals surface area (Å²) in [4.78, 5) is 0. The standard InChI is InChI=1S/C15H21NO2/c1-9-3-5-13-11(7-9)12(16)8-15(18-13)14-6-4-10(2)17-14/h3,5,7,10,12,14-15H,4,6,8,16H2,1-2H3/t10?,12-,14?,15?/m1/s1. The van der Waals surface area contributed by atoms with E-state index < -0.39 is 0 Å². The summed E-state index contributed by atoms with van der Waals surface area (Å²) in [5.41, 5.74) is 8.64. The van der Waals surface area contributed by atoms with Crippen LogP contribution in [0, 0.1) is 6.92 Å². The number of hydrogen-bond acceptors (Lipinski definition) is 3. The maximum Gasteiger partial charge on any atom is 0.127 e. The molecule has 98 valence electrons. The zero-order valence-corrected chi connectivity index (χ0v) is 11.1. The van der Waals surface area contributed by atoms with E-state index in [2.05, 4.69) is 26.0 Å². The second kappa shape index (κ2) is 4.56. The molecular weight excluding hydrogens is 226 g/mol. The van der Waals surface area contributed by atoms with Crippen LogP contribution in [0.2, 0.25) is 0 Å². The van der Waals surface area contributed by atoms with Crippen LogP contribution in [0.15, 0.2) is 18.2 Å². The van der Waals surface area contributed by atoms with Crippen molar-refractivity contribution in [3.63, 3.8) is 0 Å². The summed E-state index contributed by atoms with van der Waals surface area (Å²) < 4.78 is 12.0. The quantitative estimate of drug-likeness (QED) is 0.830. The molecule has 3 nitrogen and oxygen atoms in total. The van der Waals surface area contributed by atoms with E-state index in [1.165, 1.54) is 5.56 Å². The summed E-state index contributed by atoms with van der Waals surface area (Å²) in [6.45, 7) is 4.21. The molecule has 3 heteroatoms. The van der Waals surface area contributed by atoms with Crippen LogP contribution < -0.4 is 10.5 Å². The lowest BCUT2D eigenvalue weighted by molar-refractivity contribution is -0.0281. The van der Waals surface area contributed by atoms with Crippen molar-refractivity contribution in [3.05, 3.63) is 29.3 Å². The van der Waals surface area contributed by atoms with Crippen molar-refractivity contribution in [2.24, 2.45) is 5.73 Å². The summed E-state index contributed by atoms with van der Waals surface area (Å²) in [5.74, 6) is 0.938. The molecule has 1 saturated heterocycles. The topological polar surface area (TPSA) is 44.5 Å². The lowest BCUT2D eigenvalue weighted by Crippen LogP contribution is -2.38. The van der Waals surface area contributed by atoms with E-state index >= 15 is 0 Å². The molecule has 2 aliphatic rings. The lowest BCUT2D eigenvalue weighted by Gasteiger charge is -2.33. The van der Waals surface area contributed by atoms with Crippen molar-refractivity contribution in [1.82, 2.24) is 0 Å². The normalized spacial score (nSPS) is 35.1. The molecule has 2 N–H and O–H groups in total. The Labute approximate surface area is 108 Å². The van der Waals surface area contributed by atoms with Gasteiger partial charge in [-0.3, -0.25) is 0 Å². The maximum atomic E-state index is 6.27. The minimum atomic E-state index is 0.0677. The minimum absolute atomic E-state index is 0.0677. The van der Waals surface area contributed by atoms with Gasteiger partial charge in [-0.1, -0.05) is 17.7 Å². The highest BCUT2D eigenvalue weighted by atomic mass is 16.6. The lowest BCUT2D eigenvalue weighted by atomic mass is 9.93. The van der Waals surface area contributed by atoms with E-state index in [9.17, 15) is 0 Å². The van der Waals surface area contributed by atoms with E-state index in [4.69, 9.17) is 15.2 Å². The number of benzene rings is 1. The third-order valence-corrected chi connectivity index (χ3v) is 4.01. The zero-order valence-electron chi connectivity index (χ0n) is 11.1. The van der Waals surface area contributed by atoms with Gasteiger partial charge < -0.3 is 15.2 Å². The molecule has 0 amide bonds. The zero-order chi connectivity index (χ0) is 12.7. The average Bonchev–Trinajstić information content (AvgIpc) is 2.77. The van der Waals surface area contributed by atoms with E-state index in [1.54, 1.807) is 0 Å². The Morgan fingerprint density at radius 3 is 2.78 bits per heavy atom. The van der Waals surface area contributed by atoms with Crippen molar-refractivity contribution in [3.8, 4) is 5.75 Å². The van der Waals surface area contributed by atoms with Gasteiger partial charge in [-0.15, -0.1) is 0 Å². The molecule has 0 aromatic heterocycles. The predicted molar refractivity (Wildman–Crippen MR) is 70.7 cm³/mol. The Bertz CT molecular complexity index is 446. The van der Waals surface area contributed by atoms with Gasteiger partial charge in [-0.25, -0.2) is 0 Å². The van der Waals surface area contributed by atoms with Crippen LogP contribution in [0.3, 0.4) is 0 Å². The summed E-state index contributed by atoms with van der Waals surface area (Å²) in [6, 6.07) is 6.31. The van der Waals surface area contributed by atoms with Crippen molar-refractivity contribution in [2.75, 3.05) is 0 Å². The Morgan fingerprint density at radius 1 is 1.22 bits per heavy atom. The molecule has 0 bridgehead atoms. The molecule has 1 aromatic rings. The van der Waals surface area contributed by atoms with Crippen LogP contribution >= 0.6 is 0 Å². The fourth-order valence-corrected chi connectivity index (χ4v) is 2.99. The number of aryl methyl sites for hydroxylation is 1. The van der Waals surface area contributed by atoms with Crippen LogP contribution in [-0.4, -0.2) is 18.3 Å². The molecule has 0 radical (unpaired) electrons. The van der Waals surface area contributed by atoms with Crippen LogP contribution in [0.25, 0.3) is 0 Å². The molecular formula is C15H21NO2. The van der Waals surface area contributed by atoms with Crippen LogP contribution in [0.5, 0.6) is 5.75 Å². The Kier molecular flexibility index (Phi) is 3.04.